The van der Waals surface area contributed by atoms with Crippen molar-refractivity contribution in [2.75, 3.05) is 0 Å². The molecular weight excluding hydrogens is 320 g/mol. The van der Waals surface area contributed by atoms with E-state index in [2.05, 4.69) is 33.4 Å². The Kier molecular flexibility index (Phi) is 5.25. The van der Waals surface area contributed by atoms with Gasteiger partial charge in [0, 0.05) is 5.41 Å². The molecular formula is C24H35O2-. The summed E-state index contributed by atoms with van der Waals surface area (Å²) in [7, 11) is 0. The second-order valence-electron chi connectivity index (χ2n) is 9.53. The first-order chi connectivity index (χ1) is 12.2. The van der Waals surface area contributed by atoms with Gasteiger partial charge in [0.25, 0.3) is 0 Å². The predicted molar refractivity (Wildman–Crippen MR) is 105 cm³/mol. The largest absolute Gasteiger partial charge is 0.876 e. The van der Waals surface area contributed by atoms with Crippen molar-refractivity contribution in [1.82, 2.24) is 0 Å². The van der Waals surface area contributed by atoms with Crippen molar-refractivity contribution >= 4 is 5.78 Å². The highest BCUT2D eigenvalue weighted by Gasteiger charge is 2.57. The number of hydrogen-bond acceptors (Lipinski definition) is 2. The molecule has 0 aromatic rings. The molecule has 0 unspecified atom stereocenters. The van der Waals surface area contributed by atoms with Gasteiger partial charge in [0.2, 0.25) is 0 Å². The molecule has 0 N–H and O–H groups in total. The zero-order valence-corrected chi connectivity index (χ0v) is 17.0. The molecule has 2 nitrogen and oxygen atoms in total. The quantitative estimate of drug-likeness (QED) is 0.606. The second kappa shape index (κ2) is 7.02. The van der Waals surface area contributed by atoms with Crippen molar-refractivity contribution in [3.8, 4) is 0 Å². The summed E-state index contributed by atoms with van der Waals surface area (Å²) in [4.78, 5) is 11.8. The third-order valence-corrected chi connectivity index (χ3v) is 8.25. The molecule has 3 saturated carbocycles. The number of ketones is 1. The monoisotopic (exact) mass is 355 g/mol. The van der Waals surface area contributed by atoms with E-state index in [1.807, 2.05) is 12.2 Å². The first kappa shape index (κ1) is 19.5. The van der Waals surface area contributed by atoms with Gasteiger partial charge in [-0.25, -0.2) is 0 Å². The molecule has 0 amide bonds. The van der Waals surface area contributed by atoms with Gasteiger partial charge in [-0.1, -0.05) is 45.8 Å². The van der Waals surface area contributed by atoms with Crippen LogP contribution in [0.1, 0.15) is 72.6 Å². The van der Waals surface area contributed by atoms with Crippen molar-refractivity contribution in [2.24, 2.45) is 34.5 Å². The number of rotatable bonds is 1. The first-order valence-corrected chi connectivity index (χ1v) is 10.5. The minimum Gasteiger partial charge on any atom is -0.876 e. The standard InChI is InChI=1S/C21H30O.C3H6O/c1-4-14-6-8-18-17-7-5-15-13-16(22)9-11-21(15,3)19(17)10-12-20(14,18)2;1-3(2)4/h9,11,13-14,17-19H,4-8,10,12H2,1-3H3;4H,1H2,2H3/p-1/t14-,17-,18-,19-,20+,21-;/m0./s1. The fourth-order valence-electron chi connectivity index (χ4n) is 6.98. The number of hydrogen-bond donors (Lipinski definition) is 0. The molecule has 4 aliphatic rings. The van der Waals surface area contributed by atoms with Crippen molar-refractivity contribution in [1.29, 1.82) is 0 Å². The molecule has 2 heteroatoms. The van der Waals surface area contributed by atoms with Gasteiger partial charge in [0.1, 0.15) is 0 Å². The zero-order chi connectivity index (χ0) is 19.1. The Bertz CT molecular complexity index is 639. The molecule has 0 bridgehead atoms. The summed E-state index contributed by atoms with van der Waals surface area (Å²) in [5, 5.41) is 9.33. The summed E-state index contributed by atoms with van der Waals surface area (Å²) in [6.07, 6.45) is 15.6. The lowest BCUT2D eigenvalue weighted by atomic mass is 9.47. The topological polar surface area (TPSA) is 40.1 Å². The van der Waals surface area contributed by atoms with E-state index < -0.39 is 0 Å². The molecule has 6 atom stereocenters. The normalized spacial score (nSPS) is 43.4. The summed E-state index contributed by atoms with van der Waals surface area (Å²) in [6.45, 7) is 11.8. The number of carbonyl (C=O) groups is 1. The molecule has 0 aromatic heterocycles. The van der Waals surface area contributed by atoms with E-state index in [0.29, 0.717) is 5.41 Å². The van der Waals surface area contributed by atoms with Crippen LogP contribution < -0.4 is 5.11 Å². The van der Waals surface area contributed by atoms with Gasteiger partial charge in [-0.3, -0.25) is 4.79 Å². The summed E-state index contributed by atoms with van der Waals surface area (Å²) in [5.41, 5.74) is 2.19. The van der Waals surface area contributed by atoms with E-state index in [-0.39, 0.29) is 17.0 Å². The number of carbonyl (C=O) groups excluding carboxylic acids is 1. The van der Waals surface area contributed by atoms with E-state index in [1.54, 1.807) is 0 Å². The van der Waals surface area contributed by atoms with Crippen LogP contribution in [0.5, 0.6) is 0 Å². The van der Waals surface area contributed by atoms with E-state index >= 15 is 0 Å². The Morgan fingerprint density at radius 1 is 1.23 bits per heavy atom. The van der Waals surface area contributed by atoms with Crippen molar-refractivity contribution < 1.29 is 9.90 Å². The van der Waals surface area contributed by atoms with Crippen LogP contribution in [0.2, 0.25) is 0 Å². The molecule has 144 valence electrons. The minimum absolute atomic E-state index is 0.0833. The zero-order valence-electron chi connectivity index (χ0n) is 17.0. The Morgan fingerprint density at radius 2 is 1.92 bits per heavy atom. The van der Waals surface area contributed by atoms with Gasteiger partial charge in [0.05, 0.1) is 0 Å². The summed E-state index contributed by atoms with van der Waals surface area (Å²) in [6, 6.07) is 0. The molecule has 4 rings (SSSR count). The maximum Gasteiger partial charge on any atom is 0.178 e. The van der Waals surface area contributed by atoms with Gasteiger partial charge < -0.3 is 5.11 Å². The Labute approximate surface area is 159 Å². The highest BCUT2D eigenvalue weighted by atomic mass is 16.3. The van der Waals surface area contributed by atoms with Crippen molar-refractivity contribution in [3.05, 3.63) is 36.1 Å². The highest BCUT2D eigenvalue weighted by Crippen LogP contribution is 2.66. The van der Waals surface area contributed by atoms with Gasteiger partial charge in [-0.2, -0.15) is 0 Å². The molecule has 0 saturated heterocycles. The van der Waals surface area contributed by atoms with Crippen LogP contribution >= 0.6 is 0 Å². The molecule has 0 aliphatic heterocycles. The fraction of sp³-hybridized carbons (Fsp3) is 0.708. The SMILES string of the molecule is C=C(C)[O-].CC[C@H]1CC[C@H]2[C@@H]3CCC4=CC(=O)C=C[C@]4(C)[C@H]3CC[C@]12C. The number of fused-ring (bicyclic) bond motifs is 5. The fourth-order valence-corrected chi connectivity index (χ4v) is 6.98. The molecule has 4 aliphatic carbocycles. The van der Waals surface area contributed by atoms with Gasteiger partial charge >= 0.3 is 0 Å². The Morgan fingerprint density at radius 3 is 2.58 bits per heavy atom. The van der Waals surface area contributed by atoms with Gasteiger partial charge in [0.15, 0.2) is 5.78 Å². The van der Waals surface area contributed by atoms with E-state index in [0.717, 1.165) is 30.1 Å². The average Bonchev–Trinajstić information content (AvgIpc) is 2.91. The summed E-state index contributed by atoms with van der Waals surface area (Å²) < 4.78 is 0. The lowest BCUT2D eigenvalue weighted by molar-refractivity contribution is -0.300. The van der Waals surface area contributed by atoms with Crippen LogP contribution in [0.4, 0.5) is 0 Å². The van der Waals surface area contributed by atoms with Crippen LogP contribution in [0.25, 0.3) is 0 Å². The molecule has 0 spiro atoms. The Hall–Kier alpha value is -1.31. The van der Waals surface area contributed by atoms with Crippen LogP contribution in [0.15, 0.2) is 36.1 Å². The highest BCUT2D eigenvalue weighted by molar-refractivity contribution is 6.01. The smallest absolute Gasteiger partial charge is 0.178 e. The number of allylic oxidation sites excluding steroid dienone is 5. The van der Waals surface area contributed by atoms with E-state index in [4.69, 9.17) is 0 Å². The molecule has 26 heavy (non-hydrogen) atoms. The predicted octanol–water partition coefficient (Wildman–Crippen LogP) is 5.20. The van der Waals surface area contributed by atoms with Gasteiger partial charge in [-0.15, -0.1) is 12.3 Å². The van der Waals surface area contributed by atoms with E-state index in [1.165, 1.54) is 51.0 Å². The maximum absolute atomic E-state index is 11.8. The van der Waals surface area contributed by atoms with Crippen molar-refractivity contribution in [2.45, 2.75) is 72.6 Å². The maximum atomic E-state index is 11.8. The molecule has 0 aromatic carbocycles. The van der Waals surface area contributed by atoms with Crippen LogP contribution in [0.3, 0.4) is 0 Å². The molecule has 0 heterocycles. The Balaban J connectivity index is 0.000000447. The summed E-state index contributed by atoms with van der Waals surface area (Å²) in [5.74, 6) is 3.66. The summed E-state index contributed by atoms with van der Waals surface area (Å²) >= 11 is 0. The average molecular weight is 356 g/mol. The van der Waals surface area contributed by atoms with Crippen LogP contribution in [-0.4, -0.2) is 5.78 Å². The van der Waals surface area contributed by atoms with Crippen LogP contribution in [0, 0.1) is 34.5 Å². The van der Waals surface area contributed by atoms with Crippen LogP contribution in [-0.2, 0) is 4.79 Å². The minimum atomic E-state index is -0.0833. The third-order valence-electron chi connectivity index (χ3n) is 8.25. The molecule has 0 radical (unpaired) electrons. The second-order valence-corrected chi connectivity index (χ2v) is 9.53. The van der Waals surface area contributed by atoms with E-state index in [9.17, 15) is 9.90 Å². The lowest BCUT2D eigenvalue weighted by Crippen LogP contribution is -2.49. The lowest BCUT2D eigenvalue weighted by Gasteiger charge is -2.57. The third kappa shape index (κ3) is 3.10. The molecule has 3 fully saturated rings. The van der Waals surface area contributed by atoms with Crippen molar-refractivity contribution in [3.63, 3.8) is 0 Å². The first-order valence-electron chi connectivity index (χ1n) is 10.5. The van der Waals surface area contributed by atoms with Gasteiger partial charge in [-0.05, 0) is 79.8 Å².